The van der Waals surface area contributed by atoms with E-state index in [1.807, 2.05) is 6.07 Å². The molecule has 2 aliphatic heterocycles. The Balaban J connectivity index is 1.60. The number of morpholine rings is 1. The number of aromatic nitrogens is 2. The van der Waals surface area contributed by atoms with Gasteiger partial charge in [0.25, 0.3) is 11.7 Å². The van der Waals surface area contributed by atoms with Crippen LogP contribution < -0.4 is 0 Å². The van der Waals surface area contributed by atoms with Crippen LogP contribution in [0, 0.1) is 6.92 Å². The molecule has 2 aliphatic rings. The molecule has 192 valence electrons. The Labute approximate surface area is 213 Å². The summed E-state index contributed by atoms with van der Waals surface area (Å²) in [6, 6.07) is 11.1. The maximum absolute atomic E-state index is 13.4. The Hall–Kier alpha value is -4.02. The minimum Gasteiger partial charge on any atom is -0.505 e. The highest BCUT2D eigenvalue weighted by atomic mass is 16.5. The van der Waals surface area contributed by atoms with E-state index in [1.54, 1.807) is 53.9 Å². The molecule has 1 atom stereocenters. The van der Waals surface area contributed by atoms with Gasteiger partial charge in [-0.3, -0.25) is 18.9 Å². The summed E-state index contributed by atoms with van der Waals surface area (Å²) in [5.41, 5.74) is 2.44. The number of Topliss-reactive ketones (excluding diaryl/α,β-unsaturated/α-hetero) is 1. The van der Waals surface area contributed by atoms with Crippen LogP contribution in [0.3, 0.4) is 0 Å². The van der Waals surface area contributed by atoms with Crippen LogP contribution in [0.2, 0.25) is 0 Å². The minimum atomic E-state index is -0.832. The van der Waals surface area contributed by atoms with Crippen molar-refractivity contribution >= 4 is 29.1 Å². The number of amides is 1. The molecule has 0 bridgehead atoms. The summed E-state index contributed by atoms with van der Waals surface area (Å²) < 4.78 is 11.9. The molecule has 2 aromatic heterocycles. The van der Waals surface area contributed by atoms with Gasteiger partial charge in [0.1, 0.15) is 11.3 Å². The highest BCUT2D eigenvalue weighted by Crippen LogP contribution is 2.40. The Morgan fingerprint density at radius 2 is 1.84 bits per heavy atom. The topological polar surface area (TPSA) is 114 Å². The Kier molecular flexibility index (Phi) is 6.77. The standard InChI is InChI=1S/C27H28N4O6/c1-17-22(30-10-4-3-5-20(30)28-17)24(32)21-23(18-6-8-19(9-7-18)27(35)36-2)31(26(34)25(21)33)12-11-29-13-15-37-16-14-29/h3-10,23,32H,11-16H2,1-2H3/b24-21+/t23-/m0/s1. The lowest BCUT2D eigenvalue weighted by Gasteiger charge is -2.31. The highest BCUT2D eigenvalue weighted by Gasteiger charge is 2.46. The average Bonchev–Trinajstić information content (AvgIpc) is 3.39. The number of rotatable bonds is 6. The van der Waals surface area contributed by atoms with Gasteiger partial charge < -0.3 is 19.5 Å². The van der Waals surface area contributed by atoms with Gasteiger partial charge in [0.05, 0.1) is 43.2 Å². The maximum atomic E-state index is 13.4. The van der Waals surface area contributed by atoms with Crippen LogP contribution in [0.15, 0.2) is 54.2 Å². The molecule has 0 radical (unpaired) electrons. The molecule has 3 aromatic rings. The fourth-order valence-electron chi connectivity index (χ4n) is 4.98. The summed E-state index contributed by atoms with van der Waals surface area (Å²) in [6.45, 7) is 5.30. The number of aliphatic hydroxyl groups excluding tert-OH is 1. The van der Waals surface area contributed by atoms with Crippen molar-refractivity contribution in [1.82, 2.24) is 19.2 Å². The van der Waals surface area contributed by atoms with Crippen molar-refractivity contribution < 1.29 is 29.0 Å². The Morgan fingerprint density at radius 1 is 1.11 bits per heavy atom. The lowest BCUT2D eigenvalue weighted by molar-refractivity contribution is -0.140. The molecule has 0 aliphatic carbocycles. The normalized spacial score (nSPS) is 20.1. The van der Waals surface area contributed by atoms with Gasteiger partial charge in [-0.05, 0) is 36.8 Å². The molecule has 10 nitrogen and oxygen atoms in total. The number of hydrogen-bond donors (Lipinski definition) is 1. The largest absolute Gasteiger partial charge is 0.505 e. The summed E-state index contributed by atoms with van der Waals surface area (Å²) >= 11 is 0. The van der Waals surface area contributed by atoms with Crippen molar-refractivity contribution in [3.63, 3.8) is 0 Å². The van der Waals surface area contributed by atoms with Gasteiger partial charge in [0.15, 0.2) is 5.76 Å². The van der Waals surface area contributed by atoms with E-state index in [4.69, 9.17) is 9.47 Å². The van der Waals surface area contributed by atoms with Crippen LogP contribution >= 0.6 is 0 Å². The molecule has 1 aromatic carbocycles. The van der Waals surface area contributed by atoms with Gasteiger partial charge in [-0.15, -0.1) is 0 Å². The van der Waals surface area contributed by atoms with Crippen molar-refractivity contribution in [3.8, 4) is 0 Å². The van der Waals surface area contributed by atoms with Crippen molar-refractivity contribution in [2.75, 3.05) is 46.5 Å². The molecule has 1 amide bonds. The number of esters is 1. The van der Waals surface area contributed by atoms with E-state index in [0.717, 1.165) is 13.1 Å². The SMILES string of the molecule is COC(=O)c1ccc([C@H]2/C(=C(\O)c3c(C)nc4ccccn34)C(=O)C(=O)N2CCN2CCOCC2)cc1. The summed E-state index contributed by atoms with van der Waals surface area (Å²) in [7, 11) is 1.30. The van der Waals surface area contributed by atoms with Crippen molar-refractivity contribution in [2.45, 2.75) is 13.0 Å². The molecule has 1 N–H and O–H groups in total. The zero-order chi connectivity index (χ0) is 26.1. The average molecular weight is 505 g/mol. The molecule has 2 fully saturated rings. The number of carbonyl (C=O) groups excluding carboxylic acids is 3. The van der Waals surface area contributed by atoms with Crippen LogP contribution in [0.4, 0.5) is 0 Å². The predicted octanol–water partition coefficient (Wildman–Crippen LogP) is 2.18. The fourth-order valence-corrected chi connectivity index (χ4v) is 4.98. The molecule has 4 heterocycles. The lowest BCUT2D eigenvalue weighted by atomic mass is 9.95. The second-order valence-corrected chi connectivity index (χ2v) is 9.03. The molecule has 0 unspecified atom stereocenters. The number of benzene rings is 1. The third-order valence-electron chi connectivity index (χ3n) is 6.88. The van der Waals surface area contributed by atoms with Gasteiger partial charge >= 0.3 is 5.97 Å². The Bertz CT molecular complexity index is 1390. The summed E-state index contributed by atoms with van der Waals surface area (Å²) in [5, 5.41) is 11.5. The van der Waals surface area contributed by atoms with E-state index in [-0.39, 0.29) is 17.9 Å². The zero-order valence-electron chi connectivity index (χ0n) is 20.7. The first-order valence-corrected chi connectivity index (χ1v) is 12.1. The van der Waals surface area contributed by atoms with Crippen LogP contribution in [0.25, 0.3) is 11.4 Å². The number of likely N-dealkylation sites (tertiary alicyclic amines) is 1. The van der Waals surface area contributed by atoms with Crippen LogP contribution in [-0.4, -0.2) is 88.5 Å². The molecule has 5 rings (SSSR count). The van der Waals surface area contributed by atoms with Gasteiger partial charge in [-0.2, -0.15) is 0 Å². The Morgan fingerprint density at radius 3 is 2.54 bits per heavy atom. The third kappa shape index (κ3) is 4.49. The van der Waals surface area contributed by atoms with Gasteiger partial charge in [-0.1, -0.05) is 18.2 Å². The molecule has 0 saturated carbocycles. The second-order valence-electron chi connectivity index (χ2n) is 9.03. The number of ether oxygens (including phenoxy) is 2. The zero-order valence-corrected chi connectivity index (χ0v) is 20.7. The molecular formula is C27H28N4O6. The van der Waals surface area contributed by atoms with Crippen molar-refractivity contribution in [1.29, 1.82) is 0 Å². The number of nitrogens with zero attached hydrogens (tertiary/aromatic N) is 4. The lowest BCUT2D eigenvalue weighted by Crippen LogP contribution is -2.42. The van der Waals surface area contributed by atoms with Crippen LogP contribution in [-0.2, 0) is 19.1 Å². The number of ketones is 1. The maximum Gasteiger partial charge on any atom is 0.337 e. The molecule has 0 spiro atoms. The number of aliphatic hydroxyl groups is 1. The molecule has 2 saturated heterocycles. The first-order valence-electron chi connectivity index (χ1n) is 12.1. The number of pyridine rings is 1. The number of aryl methyl sites for hydroxylation is 1. The van der Waals surface area contributed by atoms with Gasteiger partial charge in [0, 0.05) is 32.4 Å². The monoisotopic (exact) mass is 504 g/mol. The number of carbonyl (C=O) groups is 3. The highest BCUT2D eigenvalue weighted by molar-refractivity contribution is 6.46. The summed E-state index contributed by atoms with van der Waals surface area (Å²) in [5.74, 6) is -2.21. The van der Waals surface area contributed by atoms with Crippen LogP contribution in [0.5, 0.6) is 0 Å². The fraction of sp³-hybridized carbons (Fsp3) is 0.333. The molecular weight excluding hydrogens is 476 g/mol. The van der Waals surface area contributed by atoms with E-state index in [1.165, 1.54) is 12.0 Å². The predicted molar refractivity (Wildman–Crippen MR) is 134 cm³/mol. The summed E-state index contributed by atoms with van der Waals surface area (Å²) in [4.78, 5) is 46.8. The van der Waals surface area contributed by atoms with Crippen molar-refractivity contribution in [3.05, 3.63) is 76.7 Å². The second kappa shape index (κ2) is 10.2. The van der Waals surface area contributed by atoms with E-state index < -0.39 is 23.7 Å². The van der Waals surface area contributed by atoms with Gasteiger partial charge in [-0.25, -0.2) is 9.78 Å². The van der Waals surface area contributed by atoms with Crippen molar-refractivity contribution in [2.24, 2.45) is 0 Å². The first kappa shape index (κ1) is 24.7. The first-order chi connectivity index (χ1) is 17.9. The van der Waals surface area contributed by atoms with Gasteiger partial charge in [0.2, 0.25) is 0 Å². The van der Waals surface area contributed by atoms with E-state index in [9.17, 15) is 19.5 Å². The number of fused-ring (bicyclic) bond motifs is 1. The molecule has 10 heteroatoms. The smallest absolute Gasteiger partial charge is 0.337 e. The summed E-state index contributed by atoms with van der Waals surface area (Å²) in [6.07, 6.45) is 1.75. The van der Waals surface area contributed by atoms with Crippen LogP contribution in [0.1, 0.15) is 33.4 Å². The number of imidazole rings is 1. The minimum absolute atomic E-state index is 0.00783. The quantitative estimate of drug-likeness (QED) is 0.235. The van der Waals surface area contributed by atoms with E-state index in [0.29, 0.717) is 47.9 Å². The molecule has 37 heavy (non-hydrogen) atoms. The third-order valence-corrected chi connectivity index (χ3v) is 6.88. The number of hydrogen-bond acceptors (Lipinski definition) is 8. The number of methoxy groups -OCH3 is 1. The van der Waals surface area contributed by atoms with E-state index in [2.05, 4.69) is 9.88 Å². The van der Waals surface area contributed by atoms with E-state index >= 15 is 0 Å².